The minimum atomic E-state index is -0.535. The fourth-order valence-electron chi connectivity index (χ4n) is 0.832. The SMILES string of the molecule is CCC(C)(C)C(=O)Oc1cc(O)ccn1. The van der Waals surface area contributed by atoms with Gasteiger partial charge in [0, 0.05) is 12.3 Å². The van der Waals surface area contributed by atoms with Crippen molar-refractivity contribution >= 4 is 5.97 Å². The quantitative estimate of drug-likeness (QED) is 0.775. The number of esters is 1. The summed E-state index contributed by atoms with van der Waals surface area (Å²) >= 11 is 0. The normalized spacial score (nSPS) is 11.1. The van der Waals surface area contributed by atoms with Gasteiger partial charge in [0.15, 0.2) is 0 Å². The summed E-state index contributed by atoms with van der Waals surface area (Å²) in [6.07, 6.45) is 2.07. The van der Waals surface area contributed by atoms with E-state index in [4.69, 9.17) is 9.84 Å². The van der Waals surface area contributed by atoms with Gasteiger partial charge in [-0.05, 0) is 26.3 Å². The second-order valence-electron chi connectivity index (χ2n) is 3.98. The summed E-state index contributed by atoms with van der Waals surface area (Å²) in [4.78, 5) is 15.5. The summed E-state index contributed by atoms with van der Waals surface area (Å²) in [6, 6.07) is 2.73. The average molecular weight is 209 g/mol. The summed E-state index contributed by atoms with van der Waals surface area (Å²) in [5.41, 5.74) is -0.535. The van der Waals surface area contributed by atoms with Gasteiger partial charge in [-0.3, -0.25) is 4.79 Å². The summed E-state index contributed by atoms with van der Waals surface area (Å²) in [5.74, 6) is -0.188. The van der Waals surface area contributed by atoms with E-state index in [1.54, 1.807) is 13.8 Å². The maximum Gasteiger partial charge on any atom is 0.318 e. The molecule has 0 aliphatic carbocycles. The van der Waals surface area contributed by atoms with Crippen LogP contribution in [0.2, 0.25) is 0 Å². The third kappa shape index (κ3) is 2.94. The maximum absolute atomic E-state index is 11.6. The highest BCUT2D eigenvalue weighted by molar-refractivity contribution is 5.77. The molecule has 1 rings (SSSR count). The first-order valence-corrected chi connectivity index (χ1v) is 4.83. The minimum Gasteiger partial charge on any atom is -0.508 e. The van der Waals surface area contributed by atoms with Crippen molar-refractivity contribution in [2.75, 3.05) is 0 Å². The predicted octanol–water partition coefficient (Wildman–Crippen LogP) is 2.13. The molecule has 0 atom stereocenters. The molecular formula is C11H15NO3. The van der Waals surface area contributed by atoms with Gasteiger partial charge in [0.2, 0.25) is 5.88 Å². The highest BCUT2D eigenvalue weighted by atomic mass is 16.5. The zero-order valence-electron chi connectivity index (χ0n) is 9.15. The van der Waals surface area contributed by atoms with Crippen LogP contribution < -0.4 is 4.74 Å². The van der Waals surface area contributed by atoms with Gasteiger partial charge in [0.25, 0.3) is 0 Å². The van der Waals surface area contributed by atoms with E-state index in [2.05, 4.69) is 4.98 Å². The number of carbonyl (C=O) groups is 1. The molecule has 1 N–H and O–H groups in total. The van der Waals surface area contributed by atoms with Gasteiger partial charge in [-0.2, -0.15) is 0 Å². The van der Waals surface area contributed by atoms with Gasteiger partial charge in [0.05, 0.1) is 5.41 Å². The summed E-state index contributed by atoms with van der Waals surface area (Å²) < 4.78 is 5.04. The van der Waals surface area contributed by atoms with E-state index in [1.165, 1.54) is 18.3 Å². The lowest BCUT2D eigenvalue weighted by Gasteiger charge is -2.19. The average Bonchev–Trinajstić information content (AvgIpc) is 2.17. The molecule has 1 aromatic rings. The molecule has 4 heteroatoms. The van der Waals surface area contributed by atoms with Crippen LogP contribution in [0, 0.1) is 5.41 Å². The van der Waals surface area contributed by atoms with Gasteiger partial charge in [-0.25, -0.2) is 4.98 Å². The van der Waals surface area contributed by atoms with E-state index < -0.39 is 5.41 Å². The Morgan fingerprint density at radius 2 is 2.27 bits per heavy atom. The molecule has 1 aromatic heterocycles. The van der Waals surface area contributed by atoms with E-state index in [0.717, 1.165) is 0 Å². The zero-order valence-corrected chi connectivity index (χ0v) is 9.15. The lowest BCUT2D eigenvalue weighted by atomic mass is 9.91. The van der Waals surface area contributed by atoms with Crippen molar-refractivity contribution < 1.29 is 14.6 Å². The standard InChI is InChI=1S/C11H15NO3/c1-4-11(2,3)10(14)15-9-7-8(13)5-6-12-9/h5-7H,4H2,1-3H3,(H,12,13). The number of pyridine rings is 1. The number of rotatable bonds is 3. The van der Waals surface area contributed by atoms with Crippen molar-refractivity contribution in [1.82, 2.24) is 4.98 Å². The smallest absolute Gasteiger partial charge is 0.318 e. The molecule has 0 aromatic carbocycles. The van der Waals surface area contributed by atoms with Crippen molar-refractivity contribution in [3.8, 4) is 11.6 Å². The molecule has 0 unspecified atom stereocenters. The molecule has 0 saturated heterocycles. The molecule has 0 saturated carbocycles. The van der Waals surface area contributed by atoms with Gasteiger partial charge in [-0.1, -0.05) is 6.92 Å². The van der Waals surface area contributed by atoms with Gasteiger partial charge < -0.3 is 9.84 Å². The van der Waals surface area contributed by atoms with Crippen LogP contribution in [0.4, 0.5) is 0 Å². The molecule has 0 aliphatic rings. The number of aromatic nitrogens is 1. The number of nitrogens with zero attached hydrogens (tertiary/aromatic N) is 1. The van der Waals surface area contributed by atoms with Crippen LogP contribution in [-0.2, 0) is 4.79 Å². The van der Waals surface area contributed by atoms with Gasteiger partial charge in [-0.15, -0.1) is 0 Å². The lowest BCUT2D eigenvalue weighted by molar-refractivity contribution is -0.144. The largest absolute Gasteiger partial charge is 0.508 e. The van der Waals surface area contributed by atoms with Crippen LogP contribution in [-0.4, -0.2) is 16.1 Å². The minimum absolute atomic E-state index is 0.0297. The second-order valence-corrected chi connectivity index (χ2v) is 3.98. The van der Waals surface area contributed by atoms with Crippen molar-refractivity contribution in [2.24, 2.45) is 5.41 Å². The number of hydrogen-bond donors (Lipinski definition) is 1. The predicted molar refractivity (Wildman–Crippen MR) is 55.6 cm³/mol. The Kier molecular flexibility index (Phi) is 3.29. The Hall–Kier alpha value is -1.58. The van der Waals surface area contributed by atoms with E-state index in [0.29, 0.717) is 6.42 Å². The van der Waals surface area contributed by atoms with Crippen molar-refractivity contribution in [1.29, 1.82) is 0 Å². The first-order valence-electron chi connectivity index (χ1n) is 4.83. The van der Waals surface area contributed by atoms with Crippen LogP contribution in [0.5, 0.6) is 11.6 Å². The number of aromatic hydroxyl groups is 1. The molecule has 0 spiro atoms. The Labute approximate surface area is 88.9 Å². The van der Waals surface area contributed by atoms with Crippen molar-refractivity contribution in [3.05, 3.63) is 18.3 Å². The second kappa shape index (κ2) is 4.29. The van der Waals surface area contributed by atoms with E-state index in [9.17, 15) is 4.79 Å². The van der Waals surface area contributed by atoms with Crippen molar-refractivity contribution in [2.45, 2.75) is 27.2 Å². The molecule has 0 aliphatic heterocycles. The van der Waals surface area contributed by atoms with Crippen molar-refractivity contribution in [3.63, 3.8) is 0 Å². The van der Waals surface area contributed by atoms with Gasteiger partial charge >= 0.3 is 5.97 Å². The molecular weight excluding hydrogens is 194 g/mol. The Balaban J connectivity index is 2.75. The zero-order chi connectivity index (χ0) is 11.5. The highest BCUT2D eigenvalue weighted by Crippen LogP contribution is 2.23. The first kappa shape index (κ1) is 11.5. The number of ether oxygens (including phenoxy) is 1. The number of carbonyl (C=O) groups excluding carboxylic acids is 1. The van der Waals surface area contributed by atoms with Crippen LogP contribution in [0.3, 0.4) is 0 Å². The molecule has 0 bridgehead atoms. The molecule has 1 heterocycles. The third-order valence-electron chi connectivity index (χ3n) is 2.35. The third-order valence-corrected chi connectivity index (χ3v) is 2.35. The van der Waals surface area contributed by atoms with Gasteiger partial charge in [0.1, 0.15) is 5.75 Å². The molecule has 0 fully saturated rings. The fraction of sp³-hybridized carbons (Fsp3) is 0.455. The van der Waals surface area contributed by atoms with Crippen LogP contribution in [0.1, 0.15) is 27.2 Å². The lowest BCUT2D eigenvalue weighted by Crippen LogP contribution is -2.28. The Bertz CT molecular complexity index is 361. The molecule has 0 radical (unpaired) electrons. The number of hydrogen-bond acceptors (Lipinski definition) is 4. The maximum atomic E-state index is 11.6. The monoisotopic (exact) mass is 209 g/mol. The summed E-state index contributed by atoms with van der Waals surface area (Å²) in [6.45, 7) is 5.52. The molecule has 4 nitrogen and oxygen atoms in total. The van der Waals surface area contributed by atoms with Crippen LogP contribution >= 0.6 is 0 Å². The first-order chi connectivity index (χ1) is 6.95. The summed E-state index contributed by atoms with van der Waals surface area (Å²) in [5, 5.41) is 9.15. The topological polar surface area (TPSA) is 59.4 Å². The fourth-order valence-corrected chi connectivity index (χ4v) is 0.832. The summed E-state index contributed by atoms with van der Waals surface area (Å²) in [7, 11) is 0. The van der Waals surface area contributed by atoms with E-state index in [-0.39, 0.29) is 17.6 Å². The van der Waals surface area contributed by atoms with E-state index >= 15 is 0 Å². The highest BCUT2D eigenvalue weighted by Gasteiger charge is 2.27. The Morgan fingerprint density at radius 1 is 1.60 bits per heavy atom. The van der Waals surface area contributed by atoms with Crippen LogP contribution in [0.25, 0.3) is 0 Å². The van der Waals surface area contributed by atoms with Crippen LogP contribution in [0.15, 0.2) is 18.3 Å². The molecule has 15 heavy (non-hydrogen) atoms. The Morgan fingerprint density at radius 3 is 2.80 bits per heavy atom. The molecule has 0 amide bonds. The van der Waals surface area contributed by atoms with E-state index in [1.807, 2.05) is 6.92 Å². The molecule has 82 valence electrons.